The number of fused-ring (bicyclic) bond motifs is 1. The quantitative estimate of drug-likeness (QED) is 0.253. The molecule has 2 aromatic carbocycles. The van der Waals surface area contributed by atoms with Crippen LogP contribution in [0.2, 0.25) is 0 Å². The lowest BCUT2D eigenvalue weighted by atomic mass is 10.0. The summed E-state index contributed by atoms with van der Waals surface area (Å²) >= 11 is 1.71. The number of furan rings is 1. The molecule has 0 spiro atoms. The fourth-order valence-electron chi connectivity index (χ4n) is 3.31. The van der Waals surface area contributed by atoms with Crippen LogP contribution in [-0.2, 0) is 4.79 Å². The SMILES string of the molecule is CCSc1ccc(C(=O)/C=C/c2cc(C)c(OC(C)(C)C(=O)O)c(C)c2)c2occc12. The summed E-state index contributed by atoms with van der Waals surface area (Å²) in [6.07, 6.45) is 4.88. The Balaban J connectivity index is 1.86. The first kappa shape index (κ1) is 22.7. The number of carbonyl (C=O) groups excluding carboxylic acids is 1. The molecule has 0 amide bonds. The molecule has 0 aliphatic heterocycles. The molecule has 1 N–H and O–H groups in total. The minimum atomic E-state index is -1.33. The van der Waals surface area contributed by atoms with Crippen LogP contribution in [0.15, 0.2) is 52.0 Å². The maximum absolute atomic E-state index is 12.9. The summed E-state index contributed by atoms with van der Waals surface area (Å²) in [7, 11) is 0. The van der Waals surface area contributed by atoms with E-state index in [1.165, 1.54) is 19.9 Å². The van der Waals surface area contributed by atoms with Gasteiger partial charge >= 0.3 is 5.97 Å². The fourth-order valence-corrected chi connectivity index (χ4v) is 4.10. The number of carbonyl (C=O) groups is 2. The molecule has 3 rings (SSSR count). The minimum absolute atomic E-state index is 0.143. The molecule has 31 heavy (non-hydrogen) atoms. The lowest BCUT2D eigenvalue weighted by Crippen LogP contribution is -2.38. The van der Waals surface area contributed by atoms with Gasteiger partial charge < -0.3 is 14.3 Å². The zero-order valence-electron chi connectivity index (χ0n) is 18.3. The summed E-state index contributed by atoms with van der Waals surface area (Å²) in [6, 6.07) is 9.38. The van der Waals surface area contributed by atoms with Crippen LogP contribution in [0.25, 0.3) is 17.0 Å². The van der Waals surface area contributed by atoms with Gasteiger partial charge in [0.15, 0.2) is 11.4 Å². The molecule has 0 aliphatic rings. The molecular weight excluding hydrogens is 412 g/mol. The van der Waals surface area contributed by atoms with Crippen LogP contribution >= 0.6 is 11.8 Å². The monoisotopic (exact) mass is 438 g/mol. The van der Waals surface area contributed by atoms with Gasteiger partial charge in [-0.25, -0.2) is 4.79 Å². The number of benzene rings is 2. The molecule has 0 saturated carbocycles. The average molecular weight is 439 g/mol. The molecule has 0 saturated heterocycles. The van der Waals surface area contributed by atoms with Crippen molar-refractivity contribution in [2.45, 2.75) is 45.1 Å². The molecular formula is C25H26O5S. The predicted molar refractivity (Wildman–Crippen MR) is 124 cm³/mol. The summed E-state index contributed by atoms with van der Waals surface area (Å²) in [6.45, 7) is 8.83. The highest BCUT2D eigenvalue weighted by Crippen LogP contribution is 2.32. The maximum Gasteiger partial charge on any atom is 0.347 e. The first-order valence-electron chi connectivity index (χ1n) is 10.0. The van der Waals surface area contributed by atoms with Gasteiger partial charge in [0.05, 0.1) is 11.8 Å². The molecule has 0 radical (unpaired) electrons. The lowest BCUT2D eigenvalue weighted by Gasteiger charge is -2.24. The fraction of sp³-hybridized carbons (Fsp3) is 0.280. The highest BCUT2D eigenvalue weighted by molar-refractivity contribution is 7.99. The number of hydrogen-bond acceptors (Lipinski definition) is 5. The number of hydrogen-bond donors (Lipinski definition) is 1. The first-order valence-corrected chi connectivity index (χ1v) is 11.0. The van der Waals surface area contributed by atoms with Crippen molar-refractivity contribution in [2.75, 3.05) is 5.75 Å². The van der Waals surface area contributed by atoms with E-state index in [4.69, 9.17) is 9.15 Å². The van der Waals surface area contributed by atoms with E-state index in [0.717, 1.165) is 32.7 Å². The Bertz CT molecular complexity index is 1150. The van der Waals surface area contributed by atoms with E-state index in [-0.39, 0.29) is 5.78 Å². The van der Waals surface area contributed by atoms with Crippen LogP contribution in [0, 0.1) is 13.8 Å². The van der Waals surface area contributed by atoms with Gasteiger partial charge in [-0.2, -0.15) is 0 Å². The van der Waals surface area contributed by atoms with E-state index in [1.54, 1.807) is 30.2 Å². The van der Waals surface area contributed by atoms with Crippen molar-refractivity contribution in [3.63, 3.8) is 0 Å². The molecule has 6 heteroatoms. The maximum atomic E-state index is 12.9. The van der Waals surface area contributed by atoms with Gasteiger partial charge in [-0.1, -0.05) is 13.0 Å². The Labute approximate surface area is 186 Å². The van der Waals surface area contributed by atoms with Crippen LogP contribution in [0.5, 0.6) is 5.75 Å². The van der Waals surface area contributed by atoms with E-state index >= 15 is 0 Å². The smallest absolute Gasteiger partial charge is 0.347 e. The number of allylic oxidation sites excluding steroid dienone is 1. The molecule has 1 heterocycles. The van der Waals surface area contributed by atoms with Crippen LogP contribution < -0.4 is 4.74 Å². The van der Waals surface area contributed by atoms with E-state index < -0.39 is 11.6 Å². The third-order valence-corrected chi connectivity index (χ3v) is 5.88. The standard InChI is InChI=1S/C25H26O5S/c1-6-31-21-10-8-18(23-19(21)11-12-29-23)20(26)9-7-17-13-15(2)22(16(3)14-17)30-25(4,5)24(27)28/h7-14H,6H2,1-5H3,(H,27,28)/b9-7+. The lowest BCUT2D eigenvalue weighted by molar-refractivity contribution is -0.152. The van der Waals surface area contributed by atoms with Gasteiger partial charge in [0, 0.05) is 10.3 Å². The van der Waals surface area contributed by atoms with Gasteiger partial charge in [-0.3, -0.25) is 4.79 Å². The molecule has 5 nitrogen and oxygen atoms in total. The van der Waals surface area contributed by atoms with Crippen molar-refractivity contribution < 1.29 is 23.8 Å². The van der Waals surface area contributed by atoms with Crippen molar-refractivity contribution >= 4 is 40.6 Å². The number of carboxylic acids is 1. The number of aryl methyl sites for hydroxylation is 2. The van der Waals surface area contributed by atoms with Crippen LogP contribution in [0.3, 0.4) is 0 Å². The normalized spacial score (nSPS) is 11.9. The molecule has 3 aromatic rings. The molecule has 0 fully saturated rings. The molecule has 1 aromatic heterocycles. The molecule has 0 unspecified atom stereocenters. The van der Waals surface area contributed by atoms with Gasteiger partial charge in [-0.05, 0) is 86.5 Å². The third kappa shape index (κ3) is 4.85. The minimum Gasteiger partial charge on any atom is -0.478 e. The summed E-state index contributed by atoms with van der Waals surface area (Å²) in [5, 5.41) is 10.3. The van der Waals surface area contributed by atoms with Crippen LogP contribution in [0.4, 0.5) is 0 Å². The summed E-state index contributed by atoms with van der Waals surface area (Å²) in [5.41, 5.74) is 2.22. The second-order valence-corrected chi connectivity index (χ2v) is 9.11. The summed E-state index contributed by atoms with van der Waals surface area (Å²) < 4.78 is 11.3. The number of aliphatic carboxylic acids is 1. The van der Waals surface area contributed by atoms with Crippen LogP contribution in [-0.4, -0.2) is 28.2 Å². The zero-order chi connectivity index (χ0) is 22.8. The number of carboxylic acid groups (broad SMARTS) is 1. The highest BCUT2D eigenvalue weighted by atomic mass is 32.2. The van der Waals surface area contributed by atoms with Crippen LogP contribution in [0.1, 0.15) is 47.8 Å². The van der Waals surface area contributed by atoms with E-state index in [2.05, 4.69) is 6.92 Å². The largest absolute Gasteiger partial charge is 0.478 e. The number of ether oxygens (including phenoxy) is 1. The topological polar surface area (TPSA) is 76.7 Å². The van der Waals surface area contributed by atoms with Gasteiger partial charge in [0.2, 0.25) is 0 Å². The Morgan fingerprint density at radius 2 is 1.84 bits per heavy atom. The Kier molecular flexibility index (Phi) is 6.60. The second-order valence-electron chi connectivity index (χ2n) is 7.81. The molecule has 0 atom stereocenters. The molecule has 0 bridgehead atoms. The number of thioether (sulfide) groups is 1. The van der Waals surface area contributed by atoms with Crippen molar-refractivity contribution in [3.8, 4) is 5.75 Å². The van der Waals surface area contributed by atoms with Crippen molar-refractivity contribution in [1.82, 2.24) is 0 Å². The highest BCUT2D eigenvalue weighted by Gasteiger charge is 2.30. The predicted octanol–water partition coefficient (Wildman–Crippen LogP) is 6.30. The number of ketones is 1. The third-order valence-electron chi connectivity index (χ3n) is 4.92. The van der Waals surface area contributed by atoms with Gasteiger partial charge in [0.1, 0.15) is 11.3 Å². The number of rotatable bonds is 8. The Morgan fingerprint density at radius 3 is 2.45 bits per heavy atom. The molecule has 0 aliphatic carbocycles. The average Bonchev–Trinajstić information content (AvgIpc) is 3.19. The van der Waals surface area contributed by atoms with Crippen molar-refractivity contribution in [1.29, 1.82) is 0 Å². The second kappa shape index (κ2) is 9.02. The first-order chi connectivity index (χ1) is 14.6. The van der Waals surface area contributed by atoms with E-state index in [9.17, 15) is 14.7 Å². The Morgan fingerprint density at radius 1 is 1.16 bits per heavy atom. The van der Waals surface area contributed by atoms with E-state index in [0.29, 0.717) is 16.9 Å². The van der Waals surface area contributed by atoms with Gasteiger partial charge in [0.25, 0.3) is 0 Å². The summed E-state index contributed by atoms with van der Waals surface area (Å²) in [5.74, 6) is 0.302. The van der Waals surface area contributed by atoms with Crippen molar-refractivity contribution in [2.24, 2.45) is 0 Å². The summed E-state index contributed by atoms with van der Waals surface area (Å²) in [4.78, 5) is 25.3. The van der Waals surface area contributed by atoms with Crippen molar-refractivity contribution in [3.05, 3.63) is 64.9 Å². The Hall–Kier alpha value is -2.99. The van der Waals surface area contributed by atoms with E-state index in [1.807, 2.05) is 38.1 Å². The molecule has 162 valence electrons. The van der Waals surface area contributed by atoms with Gasteiger partial charge in [-0.15, -0.1) is 11.8 Å². The zero-order valence-corrected chi connectivity index (χ0v) is 19.1.